The van der Waals surface area contributed by atoms with Crippen LogP contribution >= 0.6 is 0 Å². The highest BCUT2D eigenvalue weighted by atomic mass is 16.5. The lowest BCUT2D eigenvalue weighted by molar-refractivity contribution is 0.306. The van der Waals surface area contributed by atoms with Crippen molar-refractivity contribution in [3.63, 3.8) is 0 Å². The second-order valence-corrected chi connectivity index (χ2v) is 4.62. The molecule has 0 aliphatic carbocycles. The molecular formula is C17H19NO. The van der Waals surface area contributed by atoms with Gasteiger partial charge in [-0.2, -0.15) is 0 Å². The molecule has 2 aromatic rings. The van der Waals surface area contributed by atoms with E-state index in [-0.39, 0.29) is 0 Å². The molecule has 2 nitrogen and oxygen atoms in total. The summed E-state index contributed by atoms with van der Waals surface area (Å²) in [5, 5.41) is 0. The average molecular weight is 253 g/mol. The third kappa shape index (κ3) is 3.70. The van der Waals surface area contributed by atoms with Gasteiger partial charge in [-0.05, 0) is 41.8 Å². The summed E-state index contributed by atoms with van der Waals surface area (Å²) in [6.45, 7) is 7.01. The highest BCUT2D eigenvalue weighted by molar-refractivity contribution is 5.63. The van der Waals surface area contributed by atoms with E-state index in [1.165, 1.54) is 0 Å². The van der Waals surface area contributed by atoms with Crippen LogP contribution < -0.4 is 10.5 Å². The van der Waals surface area contributed by atoms with Gasteiger partial charge in [-0.15, -0.1) is 0 Å². The SMILES string of the molecule is C=C(C)c1cc(CN)cc(OCc2ccccc2)c1. The van der Waals surface area contributed by atoms with E-state index in [4.69, 9.17) is 10.5 Å². The monoisotopic (exact) mass is 253 g/mol. The Kier molecular flexibility index (Phi) is 4.37. The quantitative estimate of drug-likeness (QED) is 0.880. The molecule has 0 bridgehead atoms. The number of hydrogen-bond donors (Lipinski definition) is 1. The minimum Gasteiger partial charge on any atom is -0.489 e. The molecule has 0 aromatic heterocycles. The van der Waals surface area contributed by atoms with Crippen LogP contribution in [0.4, 0.5) is 0 Å². The van der Waals surface area contributed by atoms with E-state index < -0.39 is 0 Å². The molecule has 0 amide bonds. The highest BCUT2D eigenvalue weighted by Crippen LogP contribution is 2.22. The minimum absolute atomic E-state index is 0.503. The van der Waals surface area contributed by atoms with Crippen molar-refractivity contribution in [3.8, 4) is 5.75 Å². The Bertz CT molecular complexity index is 561. The van der Waals surface area contributed by atoms with E-state index in [0.29, 0.717) is 13.2 Å². The molecule has 0 aliphatic heterocycles. The molecule has 0 fully saturated rings. The van der Waals surface area contributed by atoms with E-state index >= 15 is 0 Å². The summed E-state index contributed by atoms with van der Waals surface area (Å²) in [4.78, 5) is 0. The van der Waals surface area contributed by atoms with Crippen molar-refractivity contribution >= 4 is 5.57 Å². The molecule has 19 heavy (non-hydrogen) atoms. The van der Waals surface area contributed by atoms with Crippen LogP contribution in [0.25, 0.3) is 5.57 Å². The Balaban J connectivity index is 2.15. The molecule has 2 heteroatoms. The summed E-state index contributed by atoms with van der Waals surface area (Å²) >= 11 is 0. The highest BCUT2D eigenvalue weighted by Gasteiger charge is 2.02. The van der Waals surface area contributed by atoms with Gasteiger partial charge < -0.3 is 10.5 Å². The van der Waals surface area contributed by atoms with Gasteiger partial charge in [-0.3, -0.25) is 0 Å². The van der Waals surface area contributed by atoms with Crippen LogP contribution in [0.1, 0.15) is 23.6 Å². The van der Waals surface area contributed by atoms with E-state index in [0.717, 1.165) is 28.0 Å². The third-order valence-corrected chi connectivity index (χ3v) is 2.94. The lowest BCUT2D eigenvalue weighted by atomic mass is 10.1. The number of hydrogen-bond acceptors (Lipinski definition) is 2. The molecule has 98 valence electrons. The lowest BCUT2D eigenvalue weighted by Crippen LogP contribution is -2.00. The van der Waals surface area contributed by atoms with Crippen LogP contribution in [-0.2, 0) is 13.2 Å². The van der Waals surface area contributed by atoms with Gasteiger partial charge in [0, 0.05) is 6.54 Å². The van der Waals surface area contributed by atoms with Crippen LogP contribution in [0, 0.1) is 0 Å². The van der Waals surface area contributed by atoms with Crippen molar-refractivity contribution in [2.45, 2.75) is 20.1 Å². The maximum atomic E-state index is 5.83. The Morgan fingerprint density at radius 3 is 2.47 bits per heavy atom. The predicted molar refractivity (Wildman–Crippen MR) is 79.8 cm³/mol. The van der Waals surface area contributed by atoms with Gasteiger partial charge in [0.05, 0.1) is 0 Å². The molecule has 2 N–H and O–H groups in total. The van der Waals surface area contributed by atoms with Crippen LogP contribution in [0.2, 0.25) is 0 Å². The Morgan fingerprint density at radius 2 is 1.84 bits per heavy atom. The van der Waals surface area contributed by atoms with Crippen molar-refractivity contribution in [1.82, 2.24) is 0 Å². The summed E-state index contributed by atoms with van der Waals surface area (Å²) in [7, 11) is 0. The van der Waals surface area contributed by atoms with E-state index in [9.17, 15) is 0 Å². The number of benzene rings is 2. The summed E-state index contributed by atoms with van der Waals surface area (Å²) in [6.07, 6.45) is 0. The average Bonchev–Trinajstić information content (AvgIpc) is 2.45. The Labute approximate surface area is 114 Å². The fourth-order valence-corrected chi connectivity index (χ4v) is 1.85. The smallest absolute Gasteiger partial charge is 0.120 e. The molecule has 0 saturated carbocycles. The Hall–Kier alpha value is -2.06. The fourth-order valence-electron chi connectivity index (χ4n) is 1.85. The van der Waals surface area contributed by atoms with Gasteiger partial charge >= 0.3 is 0 Å². The number of ether oxygens (including phenoxy) is 1. The largest absolute Gasteiger partial charge is 0.489 e. The molecule has 0 spiro atoms. The van der Waals surface area contributed by atoms with Gasteiger partial charge in [-0.1, -0.05) is 42.5 Å². The van der Waals surface area contributed by atoms with Crippen LogP contribution in [0.3, 0.4) is 0 Å². The van der Waals surface area contributed by atoms with Crippen molar-refractivity contribution in [1.29, 1.82) is 0 Å². The molecule has 0 heterocycles. The number of nitrogens with two attached hydrogens (primary N) is 1. The van der Waals surface area contributed by atoms with E-state index in [2.05, 4.69) is 12.6 Å². The topological polar surface area (TPSA) is 35.2 Å². The summed E-state index contributed by atoms with van der Waals surface area (Å²) in [6, 6.07) is 16.1. The number of rotatable bonds is 5. The first-order chi connectivity index (χ1) is 9.19. The van der Waals surface area contributed by atoms with Gasteiger partial charge in [0.25, 0.3) is 0 Å². The molecule has 0 atom stereocenters. The van der Waals surface area contributed by atoms with Crippen LogP contribution in [0.15, 0.2) is 55.1 Å². The van der Waals surface area contributed by atoms with Crippen molar-refractivity contribution < 1.29 is 4.74 Å². The van der Waals surface area contributed by atoms with E-state index in [1.54, 1.807) is 0 Å². The Morgan fingerprint density at radius 1 is 1.11 bits per heavy atom. The second kappa shape index (κ2) is 6.21. The van der Waals surface area contributed by atoms with Crippen LogP contribution in [0.5, 0.6) is 5.75 Å². The zero-order chi connectivity index (χ0) is 13.7. The third-order valence-electron chi connectivity index (χ3n) is 2.94. The molecule has 2 rings (SSSR count). The second-order valence-electron chi connectivity index (χ2n) is 4.62. The number of allylic oxidation sites excluding steroid dienone is 1. The first-order valence-electron chi connectivity index (χ1n) is 6.35. The van der Waals surface area contributed by atoms with Gasteiger partial charge in [0.1, 0.15) is 12.4 Å². The molecule has 2 aromatic carbocycles. The first kappa shape index (κ1) is 13.4. The van der Waals surface area contributed by atoms with Crippen molar-refractivity contribution in [3.05, 3.63) is 71.8 Å². The normalized spacial score (nSPS) is 10.2. The minimum atomic E-state index is 0.503. The fraction of sp³-hybridized carbons (Fsp3) is 0.176. The first-order valence-corrected chi connectivity index (χ1v) is 6.35. The van der Waals surface area contributed by atoms with E-state index in [1.807, 2.05) is 49.4 Å². The molecule has 0 saturated heterocycles. The molecule has 0 aliphatic rings. The van der Waals surface area contributed by atoms with Crippen molar-refractivity contribution in [2.75, 3.05) is 0 Å². The van der Waals surface area contributed by atoms with Gasteiger partial charge in [0.15, 0.2) is 0 Å². The maximum Gasteiger partial charge on any atom is 0.120 e. The van der Waals surface area contributed by atoms with Gasteiger partial charge in [-0.25, -0.2) is 0 Å². The lowest BCUT2D eigenvalue weighted by Gasteiger charge is -2.10. The molecule has 0 unspecified atom stereocenters. The predicted octanol–water partition coefficient (Wildman–Crippen LogP) is 3.76. The molecule has 0 radical (unpaired) electrons. The van der Waals surface area contributed by atoms with Crippen molar-refractivity contribution in [2.24, 2.45) is 5.73 Å². The van der Waals surface area contributed by atoms with Gasteiger partial charge in [0.2, 0.25) is 0 Å². The summed E-state index contributed by atoms with van der Waals surface area (Å²) in [5.74, 6) is 0.838. The zero-order valence-electron chi connectivity index (χ0n) is 11.2. The molecular weight excluding hydrogens is 234 g/mol. The standard InChI is InChI=1S/C17H19NO/c1-13(2)16-8-15(11-18)9-17(10-16)19-12-14-6-4-3-5-7-14/h3-10H,1,11-12,18H2,2H3. The summed E-state index contributed by atoms with van der Waals surface area (Å²) in [5.41, 5.74) is 10.0. The zero-order valence-corrected chi connectivity index (χ0v) is 11.2. The maximum absolute atomic E-state index is 5.83. The summed E-state index contributed by atoms with van der Waals surface area (Å²) < 4.78 is 5.83. The van der Waals surface area contributed by atoms with Crippen LogP contribution in [-0.4, -0.2) is 0 Å².